The van der Waals surface area contributed by atoms with Gasteiger partial charge >= 0.3 is 0 Å². The lowest BCUT2D eigenvalue weighted by Gasteiger charge is -2.18. The van der Waals surface area contributed by atoms with E-state index in [1.54, 1.807) is 6.33 Å². The van der Waals surface area contributed by atoms with E-state index in [1.165, 1.54) is 11.3 Å². The number of aryl methyl sites for hydroxylation is 1. The number of likely N-dealkylation sites (N-methyl/N-ethyl adjacent to an activating group) is 1. The van der Waals surface area contributed by atoms with Crippen LogP contribution in [-0.2, 0) is 0 Å². The van der Waals surface area contributed by atoms with Crippen LogP contribution >= 0.6 is 11.3 Å². The van der Waals surface area contributed by atoms with Gasteiger partial charge in [-0.1, -0.05) is 0 Å². The Bertz CT molecular complexity index is 678. The minimum Gasteiger partial charge on any atom is -0.368 e. The number of amides is 1. The van der Waals surface area contributed by atoms with Crippen LogP contribution in [0, 0.1) is 6.92 Å². The monoisotopic (exact) mass is 335 g/mol. The predicted octanol–water partition coefficient (Wildman–Crippen LogP) is 2.46. The number of rotatable bonds is 7. The second-order valence-electron chi connectivity index (χ2n) is 5.67. The lowest BCUT2D eigenvalue weighted by atomic mass is 10.2. The second-order valence-corrected chi connectivity index (χ2v) is 6.67. The molecule has 0 unspecified atom stereocenters. The van der Waals surface area contributed by atoms with Crippen LogP contribution in [0.25, 0.3) is 10.2 Å². The summed E-state index contributed by atoms with van der Waals surface area (Å²) in [5.74, 6) is 0.888. The first kappa shape index (κ1) is 17.6. The molecule has 0 saturated heterocycles. The van der Waals surface area contributed by atoms with E-state index in [9.17, 15) is 4.79 Å². The van der Waals surface area contributed by atoms with Crippen molar-refractivity contribution in [2.75, 3.05) is 45.6 Å². The Balaban J connectivity index is 2.36. The Kier molecular flexibility index (Phi) is 5.90. The molecule has 0 bridgehead atoms. The molecule has 6 nitrogen and oxygen atoms in total. The van der Waals surface area contributed by atoms with Gasteiger partial charge in [-0.2, -0.15) is 0 Å². The van der Waals surface area contributed by atoms with E-state index >= 15 is 0 Å². The maximum atomic E-state index is 12.7. The third-order valence-electron chi connectivity index (χ3n) is 3.82. The highest BCUT2D eigenvalue weighted by atomic mass is 32.1. The maximum Gasteiger partial charge on any atom is 0.264 e. The highest BCUT2D eigenvalue weighted by Gasteiger charge is 2.22. The highest BCUT2D eigenvalue weighted by Crippen LogP contribution is 2.33. The zero-order valence-electron chi connectivity index (χ0n) is 14.5. The molecule has 0 fully saturated rings. The first-order valence-corrected chi connectivity index (χ1v) is 8.73. The Hall–Kier alpha value is -1.73. The van der Waals surface area contributed by atoms with Crippen molar-refractivity contribution in [1.82, 2.24) is 19.8 Å². The average Bonchev–Trinajstić information content (AvgIpc) is 2.86. The topological polar surface area (TPSA) is 61.4 Å². The summed E-state index contributed by atoms with van der Waals surface area (Å²) in [6, 6.07) is 0. The third kappa shape index (κ3) is 3.79. The molecule has 7 heteroatoms. The van der Waals surface area contributed by atoms with Crippen LogP contribution in [-0.4, -0.2) is 65.9 Å². The number of carbonyl (C=O) groups excluding carboxylic acids is 1. The van der Waals surface area contributed by atoms with Crippen LogP contribution in [0.1, 0.15) is 29.1 Å². The zero-order chi connectivity index (χ0) is 17.0. The standard InChI is InChI=1S/C16H25N5OS/c1-6-21(7-2)16(22)13-11(3)12-14(17-8-9-20(4)5)18-10-19-15(12)23-13/h10H,6-9H2,1-5H3,(H,17,18,19). The smallest absolute Gasteiger partial charge is 0.264 e. The molecule has 2 aromatic rings. The van der Waals surface area contributed by atoms with E-state index in [-0.39, 0.29) is 5.91 Å². The maximum absolute atomic E-state index is 12.7. The SMILES string of the molecule is CCN(CC)C(=O)c1sc2ncnc(NCCN(C)C)c2c1C. The van der Waals surface area contributed by atoms with E-state index in [0.717, 1.165) is 39.6 Å². The number of hydrogen-bond donors (Lipinski definition) is 1. The number of thiophene rings is 1. The molecule has 0 aliphatic rings. The first-order valence-electron chi connectivity index (χ1n) is 7.91. The molecule has 0 radical (unpaired) electrons. The van der Waals surface area contributed by atoms with Gasteiger partial charge < -0.3 is 15.1 Å². The number of aromatic nitrogens is 2. The van der Waals surface area contributed by atoms with E-state index in [0.29, 0.717) is 13.1 Å². The largest absolute Gasteiger partial charge is 0.368 e. The Morgan fingerprint density at radius 3 is 2.57 bits per heavy atom. The summed E-state index contributed by atoms with van der Waals surface area (Å²) in [5, 5.41) is 4.32. The summed E-state index contributed by atoms with van der Waals surface area (Å²) in [4.78, 5) is 27.0. The van der Waals surface area contributed by atoms with E-state index in [4.69, 9.17) is 0 Å². The first-order chi connectivity index (χ1) is 11.0. The Morgan fingerprint density at radius 2 is 1.96 bits per heavy atom. The van der Waals surface area contributed by atoms with Crippen LogP contribution in [0.4, 0.5) is 5.82 Å². The van der Waals surface area contributed by atoms with Crippen molar-refractivity contribution in [3.8, 4) is 0 Å². The average molecular weight is 335 g/mol. The van der Waals surface area contributed by atoms with Gasteiger partial charge in [0.05, 0.1) is 10.3 Å². The van der Waals surface area contributed by atoms with Gasteiger partial charge in [0, 0.05) is 26.2 Å². The Labute approximate surface area is 141 Å². The number of anilines is 1. The van der Waals surface area contributed by atoms with E-state index < -0.39 is 0 Å². The third-order valence-corrected chi connectivity index (χ3v) is 5.01. The summed E-state index contributed by atoms with van der Waals surface area (Å²) >= 11 is 1.45. The van der Waals surface area contributed by atoms with Crippen molar-refractivity contribution >= 4 is 33.3 Å². The molecular formula is C16H25N5OS. The van der Waals surface area contributed by atoms with Gasteiger partial charge in [-0.05, 0) is 40.4 Å². The predicted molar refractivity (Wildman–Crippen MR) is 96.4 cm³/mol. The molecule has 126 valence electrons. The number of hydrogen-bond acceptors (Lipinski definition) is 6. The van der Waals surface area contributed by atoms with Crippen LogP contribution in [0.2, 0.25) is 0 Å². The van der Waals surface area contributed by atoms with Crippen molar-refractivity contribution < 1.29 is 4.79 Å². The van der Waals surface area contributed by atoms with Crippen molar-refractivity contribution in [2.24, 2.45) is 0 Å². The van der Waals surface area contributed by atoms with Gasteiger partial charge in [-0.3, -0.25) is 4.79 Å². The molecule has 2 aromatic heterocycles. The molecule has 2 heterocycles. The Morgan fingerprint density at radius 1 is 1.26 bits per heavy atom. The van der Waals surface area contributed by atoms with Crippen LogP contribution in [0.3, 0.4) is 0 Å². The molecular weight excluding hydrogens is 310 g/mol. The molecule has 0 saturated carbocycles. The summed E-state index contributed by atoms with van der Waals surface area (Å²) < 4.78 is 0. The minimum atomic E-state index is 0.0785. The fourth-order valence-electron chi connectivity index (χ4n) is 2.46. The van der Waals surface area contributed by atoms with Crippen LogP contribution in [0.15, 0.2) is 6.33 Å². The molecule has 0 spiro atoms. The number of fused-ring (bicyclic) bond motifs is 1. The molecule has 0 aliphatic heterocycles. The lowest BCUT2D eigenvalue weighted by Crippen LogP contribution is -2.30. The van der Waals surface area contributed by atoms with Crippen LogP contribution in [0.5, 0.6) is 0 Å². The van der Waals surface area contributed by atoms with Gasteiger partial charge in [-0.25, -0.2) is 9.97 Å². The molecule has 1 amide bonds. The van der Waals surface area contributed by atoms with Gasteiger partial charge in [0.25, 0.3) is 5.91 Å². The number of carbonyl (C=O) groups is 1. The highest BCUT2D eigenvalue weighted by molar-refractivity contribution is 7.20. The molecule has 0 atom stereocenters. The van der Waals surface area contributed by atoms with Gasteiger partial charge in [0.1, 0.15) is 17.0 Å². The van der Waals surface area contributed by atoms with Gasteiger partial charge in [0.15, 0.2) is 0 Å². The van der Waals surface area contributed by atoms with Gasteiger partial charge in [0.2, 0.25) is 0 Å². The van der Waals surface area contributed by atoms with E-state index in [1.807, 2.05) is 39.8 Å². The number of nitrogens with one attached hydrogen (secondary N) is 1. The van der Waals surface area contributed by atoms with Crippen molar-refractivity contribution in [3.05, 3.63) is 16.8 Å². The minimum absolute atomic E-state index is 0.0785. The van der Waals surface area contributed by atoms with Gasteiger partial charge in [-0.15, -0.1) is 11.3 Å². The van der Waals surface area contributed by atoms with Crippen molar-refractivity contribution in [3.63, 3.8) is 0 Å². The molecule has 1 N–H and O–H groups in total. The fourth-order valence-corrected chi connectivity index (χ4v) is 3.58. The molecule has 2 rings (SSSR count). The zero-order valence-corrected chi connectivity index (χ0v) is 15.3. The molecule has 0 aromatic carbocycles. The quantitative estimate of drug-likeness (QED) is 0.842. The van der Waals surface area contributed by atoms with Crippen molar-refractivity contribution in [1.29, 1.82) is 0 Å². The van der Waals surface area contributed by atoms with Crippen molar-refractivity contribution in [2.45, 2.75) is 20.8 Å². The fraction of sp³-hybridized carbons (Fsp3) is 0.562. The summed E-state index contributed by atoms with van der Waals surface area (Å²) in [7, 11) is 4.07. The lowest BCUT2D eigenvalue weighted by molar-refractivity contribution is 0.0777. The molecule has 0 aliphatic carbocycles. The van der Waals surface area contributed by atoms with E-state index in [2.05, 4.69) is 20.2 Å². The molecule has 23 heavy (non-hydrogen) atoms. The summed E-state index contributed by atoms with van der Waals surface area (Å²) in [6.07, 6.45) is 1.56. The number of nitrogens with zero attached hydrogens (tertiary/aromatic N) is 4. The second kappa shape index (κ2) is 7.70. The normalized spacial score (nSPS) is 11.2. The summed E-state index contributed by atoms with van der Waals surface area (Å²) in [5.41, 5.74) is 0.967. The van der Waals surface area contributed by atoms with Crippen LogP contribution < -0.4 is 5.32 Å². The summed E-state index contributed by atoms with van der Waals surface area (Å²) in [6.45, 7) is 9.12.